The summed E-state index contributed by atoms with van der Waals surface area (Å²) in [6.45, 7) is 7.39. The summed E-state index contributed by atoms with van der Waals surface area (Å²) >= 11 is 3.48. The molecule has 0 bridgehead atoms. The van der Waals surface area contributed by atoms with Crippen molar-refractivity contribution < 1.29 is 4.74 Å². The molecular weight excluding hydrogens is 276 g/mol. The van der Waals surface area contributed by atoms with Crippen molar-refractivity contribution in [3.8, 4) is 5.75 Å². The van der Waals surface area contributed by atoms with Crippen LogP contribution < -0.4 is 4.74 Å². The Morgan fingerprint density at radius 2 is 2.06 bits per heavy atom. The van der Waals surface area contributed by atoms with Gasteiger partial charge in [0.2, 0.25) is 0 Å². The first-order valence-corrected chi connectivity index (χ1v) is 7.62. The molecule has 0 aromatic heterocycles. The SMILES string of the molecule is CCCOc1ccc(CCCBr)cc1C(C)C. The van der Waals surface area contributed by atoms with E-state index in [1.54, 1.807) is 0 Å². The van der Waals surface area contributed by atoms with E-state index >= 15 is 0 Å². The molecule has 0 fully saturated rings. The second-order valence-electron chi connectivity index (χ2n) is 4.67. The Kier molecular flexibility index (Phi) is 6.64. The van der Waals surface area contributed by atoms with E-state index < -0.39 is 0 Å². The van der Waals surface area contributed by atoms with Gasteiger partial charge in [-0.2, -0.15) is 0 Å². The highest BCUT2D eigenvalue weighted by Crippen LogP contribution is 2.28. The van der Waals surface area contributed by atoms with Crippen LogP contribution in [0.2, 0.25) is 0 Å². The topological polar surface area (TPSA) is 9.23 Å². The summed E-state index contributed by atoms with van der Waals surface area (Å²) in [5.74, 6) is 1.58. The summed E-state index contributed by atoms with van der Waals surface area (Å²) in [6.07, 6.45) is 3.38. The largest absolute Gasteiger partial charge is 0.493 e. The highest BCUT2D eigenvalue weighted by Gasteiger charge is 2.08. The molecule has 0 amide bonds. The first-order valence-electron chi connectivity index (χ1n) is 6.50. The predicted molar refractivity (Wildman–Crippen MR) is 78.4 cm³/mol. The molecule has 0 N–H and O–H groups in total. The summed E-state index contributed by atoms with van der Waals surface area (Å²) in [6, 6.07) is 6.63. The van der Waals surface area contributed by atoms with Crippen LogP contribution in [-0.2, 0) is 6.42 Å². The maximum absolute atomic E-state index is 5.80. The summed E-state index contributed by atoms with van der Waals surface area (Å²) in [7, 11) is 0. The summed E-state index contributed by atoms with van der Waals surface area (Å²) < 4.78 is 5.80. The molecule has 0 heterocycles. The lowest BCUT2D eigenvalue weighted by Crippen LogP contribution is -2.01. The van der Waals surface area contributed by atoms with Gasteiger partial charge >= 0.3 is 0 Å². The number of hydrogen-bond acceptors (Lipinski definition) is 1. The second kappa shape index (κ2) is 7.75. The maximum Gasteiger partial charge on any atom is 0.122 e. The van der Waals surface area contributed by atoms with Gasteiger partial charge in [-0.05, 0) is 42.4 Å². The van der Waals surface area contributed by atoms with Gasteiger partial charge in [-0.25, -0.2) is 0 Å². The van der Waals surface area contributed by atoms with Gasteiger partial charge in [0.05, 0.1) is 6.61 Å². The van der Waals surface area contributed by atoms with Crippen LogP contribution >= 0.6 is 15.9 Å². The van der Waals surface area contributed by atoms with Gasteiger partial charge in [0.25, 0.3) is 0 Å². The number of aryl methyl sites for hydroxylation is 1. The maximum atomic E-state index is 5.80. The Hall–Kier alpha value is -0.500. The van der Waals surface area contributed by atoms with Crippen LogP contribution in [0.5, 0.6) is 5.75 Å². The Balaban J connectivity index is 2.83. The number of alkyl halides is 1. The number of halogens is 1. The Morgan fingerprint density at radius 1 is 1.29 bits per heavy atom. The van der Waals surface area contributed by atoms with Crippen molar-refractivity contribution in [3.05, 3.63) is 29.3 Å². The molecule has 96 valence electrons. The van der Waals surface area contributed by atoms with Crippen molar-refractivity contribution in [2.75, 3.05) is 11.9 Å². The second-order valence-corrected chi connectivity index (χ2v) is 5.46. The molecule has 1 aromatic carbocycles. The zero-order chi connectivity index (χ0) is 12.7. The highest BCUT2D eigenvalue weighted by molar-refractivity contribution is 9.09. The molecule has 0 saturated carbocycles. The predicted octanol–water partition coefficient (Wildman–Crippen LogP) is 4.93. The summed E-state index contributed by atoms with van der Waals surface area (Å²) in [5.41, 5.74) is 2.75. The molecule has 0 unspecified atom stereocenters. The van der Waals surface area contributed by atoms with E-state index in [-0.39, 0.29) is 0 Å². The van der Waals surface area contributed by atoms with Crippen LogP contribution in [0.3, 0.4) is 0 Å². The molecule has 0 spiro atoms. The van der Waals surface area contributed by atoms with E-state index in [4.69, 9.17) is 4.74 Å². The highest BCUT2D eigenvalue weighted by atomic mass is 79.9. The van der Waals surface area contributed by atoms with Crippen LogP contribution in [0.15, 0.2) is 18.2 Å². The smallest absolute Gasteiger partial charge is 0.122 e. The summed E-state index contributed by atoms with van der Waals surface area (Å²) in [4.78, 5) is 0. The molecule has 1 aromatic rings. The third-order valence-corrected chi connectivity index (χ3v) is 3.32. The number of benzene rings is 1. The van der Waals surface area contributed by atoms with Crippen LogP contribution in [0.1, 0.15) is 50.7 Å². The fourth-order valence-corrected chi connectivity index (χ4v) is 2.10. The average molecular weight is 299 g/mol. The number of ether oxygens (including phenoxy) is 1. The van der Waals surface area contributed by atoms with Crippen molar-refractivity contribution >= 4 is 15.9 Å². The summed E-state index contributed by atoms with van der Waals surface area (Å²) in [5, 5.41) is 1.07. The minimum absolute atomic E-state index is 0.519. The fraction of sp³-hybridized carbons (Fsp3) is 0.600. The number of rotatable bonds is 7. The quantitative estimate of drug-likeness (QED) is 0.649. The zero-order valence-corrected chi connectivity index (χ0v) is 12.7. The lowest BCUT2D eigenvalue weighted by molar-refractivity contribution is 0.313. The molecule has 1 nitrogen and oxygen atoms in total. The molecular formula is C15H23BrO. The van der Waals surface area contributed by atoms with Crippen molar-refractivity contribution in [1.82, 2.24) is 0 Å². The van der Waals surface area contributed by atoms with Crippen molar-refractivity contribution in [1.29, 1.82) is 0 Å². The van der Waals surface area contributed by atoms with Gasteiger partial charge in [-0.15, -0.1) is 0 Å². The standard InChI is InChI=1S/C15H23BrO/c1-4-10-17-15-8-7-13(6-5-9-16)11-14(15)12(2)3/h7-8,11-12H,4-6,9-10H2,1-3H3. The lowest BCUT2D eigenvalue weighted by Gasteiger charge is -2.15. The molecule has 0 aliphatic carbocycles. The normalized spacial score (nSPS) is 10.9. The van der Waals surface area contributed by atoms with Crippen molar-refractivity contribution in [2.24, 2.45) is 0 Å². The zero-order valence-electron chi connectivity index (χ0n) is 11.1. The van der Waals surface area contributed by atoms with Crippen LogP contribution in [0, 0.1) is 0 Å². The van der Waals surface area contributed by atoms with Crippen molar-refractivity contribution in [2.45, 2.75) is 46.0 Å². The third-order valence-electron chi connectivity index (χ3n) is 2.76. The van der Waals surface area contributed by atoms with Gasteiger partial charge in [-0.1, -0.05) is 48.8 Å². The molecule has 0 saturated heterocycles. The van der Waals surface area contributed by atoms with E-state index in [2.05, 4.69) is 54.9 Å². The van der Waals surface area contributed by atoms with E-state index in [1.165, 1.54) is 17.5 Å². The first kappa shape index (κ1) is 14.6. The Labute approximate surface area is 114 Å². The molecule has 0 aliphatic heterocycles. The minimum Gasteiger partial charge on any atom is -0.493 e. The molecule has 2 heteroatoms. The lowest BCUT2D eigenvalue weighted by atomic mass is 9.98. The molecule has 0 atom stereocenters. The third kappa shape index (κ3) is 4.71. The van der Waals surface area contributed by atoms with Gasteiger partial charge in [0, 0.05) is 5.33 Å². The van der Waals surface area contributed by atoms with E-state index in [1.807, 2.05) is 0 Å². The van der Waals surface area contributed by atoms with Crippen LogP contribution in [0.4, 0.5) is 0 Å². The average Bonchev–Trinajstić information content (AvgIpc) is 2.34. The van der Waals surface area contributed by atoms with Gasteiger partial charge < -0.3 is 4.74 Å². The van der Waals surface area contributed by atoms with E-state index in [0.717, 1.165) is 30.5 Å². The molecule has 0 aliphatic rings. The monoisotopic (exact) mass is 298 g/mol. The van der Waals surface area contributed by atoms with Gasteiger partial charge in [0.15, 0.2) is 0 Å². The molecule has 0 radical (unpaired) electrons. The first-order chi connectivity index (χ1) is 8.19. The van der Waals surface area contributed by atoms with E-state index in [9.17, 15) is 0 Å². The minimum atomic E-state index is 0.519. The molecule has 1 rings (SSSR count). The fourth-order valence-electron chi connectivity index (χ4n) is 1.82. The molecule has 17 heavy (non-hydrogen) atoms. The number of hydrogen-bond donors (Lipinski definition) is 0. The van der Waals surface area contributed by atoms with Crippen LogP contribution in [0.25, 0.3) is 0 Å². The van der Waals surface area contributed by atoms with Gasteiger partial charge in [0.1, 0.15) is 5.75 Å². The van der Waals surface area contributed by atoms with E-state index in [0.29, 0.717) is 5.92 Å². The Bertz CT molecular complexity index is 334. The van der Waals surface area contributed by atoms with Crippen molar-refractivity contribution in [3.63, 3.8) is 0 Å². The Morgan fingerprint density at radius 3 is 2.65 bits per heavy atom. The van der Waals surface area contributed by atoms with Gasteiger partial charge in [-0.3, -0.25) is 0 Å². The van der Waals surface area contributed by atoms with Crippen LogP contribution in [-0.4, -0.2) is 11.9 Å².